The smallest absolute Gasteiger partial charge is 0.326 e. The number of hydrogen-bond donors (Lipinski definition) is 2. The van der Waals surface area contributed by atoms with Crippen molar-refractivity contribution in [1.82, 2.24) is 10.3 Å². The molecule has 1 aromatic heterocycles. The number of thiazole rings is 1. The van der Waals surface area contributed by atoms with Crippen LogP contribution in [-0.2, 0) is 4.79 Å². The summed E-state index contributed by atoms with van der Waals surface area (Å²) in [6.07, 6.45) is 1.65. The summed E-state index contributed by atoms with van der Waals surface area (Å²) >= 11 is 1.25. The summed E-state index contributed by atoms with van der Waals surface area (Å²) in [5.41, 5.74) is 0.618. The molecule has 0 aliphatic carbocycles. The Labute approximate surface area is 103 Å². The fourth-order valence-electron chi connectivity index (χ4n) is 1.35. The van der Waals surface area contributed by atoms with E-state index in [2.05, 4.69) is 16.9 Å². The lowest BCUT2D eigenvalue weighted by Crippen LogP contribution is -2.40. The first-order chi connectivity index (χ1) is 7.95. The number of carboxylic acids is 1. The first-order valence-electron chi connectivity index (χ1n) is 5.04. The number of carbonyl (C=O) groups excluding carboxylic acids is 1. The monoisotopic (exact) mass is 254 g/mol. The molecule has 0 fully saturated rings. The van der Waals surface area contributed by atoms with Crippen LogP contribution >= 0.6 is 11.3 Å². The molecule has 1 amide bonds. The number of aliphatic carboxylic acids is 1. The largest absolute Gasteiger partial charge is 0.480 e. The third-order valence-corrected chi connectivity index (χ3v) is 3.19. The van der Waals surface area contributed by atoms with Crippen LogP contribution in [0.4, 0.5) is 0 Å². The summed E-state index contributed by atoms with van der Waals surface area (Å²) in [4.78, 5) is 27.3. The van der Waals surface area contributed by atoms with Gasteiger partial charge in [-0.2, -0.15) is 0 Å². The van der Waals surface area contributed by atoms with Gasteiger partial charge in [0.1, 0.15) is 10.9 Å². The van der Waals surface area contributed by atoms with Crippen molar-refractivity contribution in [2.75, 3.05) is 0 Å². The highest BCUT2D eigenvalue weighted by Gasteiger charge is 2.21. The fourth-order valence-corrected chi connectivity index (χ4v) is 2.18. The summed E-state index contributed by atoms with van der Waals surface area (Å²) in [7, 11) is 0. The van der Waals surface area contributed by atoms with Gasteiger partial charge in [0.05, 0.1) is 10.7 Å². The topological polar surface area (TPSA) is 79.3 Å². The van der Waals surface area contributed by atoms with Crippen LogP contribution in [0.5, 0.6) is 0 Å². The van der Waals surface area contributed by atoms with E-state index in [1.54, 1.807) is 13.8 Å². The SMILES string of the molecule is C=CCC(NC(=O)c1sc(C)nc1C)C(=O)O. The predicted molar refractivity (Wildman–Crippen MR) is 65.3 cm³/mol. The Balaban J connectivity index is 2.80. The van der Waals surface area contributed by atoms with E-state index in [0.717, 1.165) is 5.01 Å². The lowest BCUT2D eigenvalue weighted by molar-refractivity contribution is -0.139. The van der Waals surface area contributed by atoms with E-state index in [1.165, 1.54) is 17.4 Å². The lowest BCUT2D eigenvalue weighted by Gasteiger charge is -2.11. The summed E-state index contributed by atoms with van der Waals surface area (Å²) in [6, 6.07) is -0.943. The molecule has 0 saturated heterocycles. The number of aromatic nitrogens is 1. The molecular weight excluding hydrogens is 240 g/mol. The van der Waals surface area contributed by atoms with Gasteiger partial charge in [0.15, 0.2) is 0 Å². The lowest BCUT2D eigenvalue weighted by atomic mass is 10.2. The van der Waals surface area contributed by atoms with Gasteiger partial charge in [-0.1, -0.05) is 6.08 Å². The van der Waals surface area contributed by atoms with Crippen LogP contribution in [0.1, 0.15) is 26.8 Å². The Morgan fingerprint density at radius 1 is 1.59 bits per heavy atom. The molecule has 0 aliphatic heterocycles. The number of nitrogens with zero attached hydrogens (tertiary/aromatic N) is 1. The van der Waals surface area contributed by atoms with Crippen LogP contribution in [0.15, 0.2) is 12.7 Å². The molecule has 1 rings (SSSR count). The van der Waals surface area contributed by atoms with Crippen LogP contribution in [0.3, 0.4) is 0 Å². The van der Waals surface area contributed by atoms with Crippen LogP contribution in [0.2, 0.25) is 0 Å². The van der Waals surface area contributed by atoms with Crippen molar-refractivity contribution in [1.29, 1.82) is 0 Å². The molecule has 0 aliphatic rings. The van der Waals surface area contributed by atoms with Crippen LogP contribution in [0, 0.1) is 13.8 Å². The molecule has 0 radical (unpaired) electrons. The number of hydrogen-bond acceptors (Lipinski definition) is 4. The van der Waals surface area contributed by atoms with Gasteiger partial charge in [-0.05, 0) is 20.3 Å². The first kappa shape index (κ1) is 13.4. The number of rotatable bonds is 5. The Kier molecular flexibility index (Phi) is 4.39. The molecule has 92 valence electrons. The molecule has 0 saturated carbocycles. The predicted octanol–water partition coefficient (Wildman–Crippen LogP) is 1.52. The molecule has 1 unspecified atom stereocenters. The van der Waals surface area contributed by atoms with E-state index in [1.807, 2.05) is 0 Å². The quantitative estimate of drug-likeness (QED) is 0.781. The molecule has 0 bridgehead atoms. The summed E-state index contributed by atoms with van der Waals surface area (Å²) in [5.74, 6) is -1.47. The zero-order valence-electron chi connectivity index (χ0n) is 9.69. The van der Waals surface area contributed by atoms with Gasteiger partial charge in [0, 0.05) is 0 Å². The van der Waals surface area contributed by atoms with Gasteiger partial charge < -0.3 is 10.4 Å². The van der Waals surface area contributed by atoms with Crippen molar-refractivity contribution in [2.24, 2.45) is 0 Å². The van der Waals surface area contributed by atoms with Crippen molar-refractivity contribution in [3.8, 4) is 0 Å². The molecule has 5 nitrogen and oxygen atoms in total. The number of aryl methyl sites for hydroxylation is 2. The fraction of sp³-hybridized carbons (Fsp3) is 0.364. The Hall–Kier alpha value is -1.69. The molecule has 0 spiro atoms. The first-order valence-corrected chi connectivity index (χ1v) is 5.86. The van der Waals surface area contributed by atoms with Crippen LogP contribution < -0.4 is 5.32 Å². The van der Waals surface area contributed by atoms with Crippen molar-refractivity contribution in [3.05, 3.63) is 28.2 Å². The Morgan fingerprint density at radius 3 is 2.65 bits per heavy atom. The van der Waals surface area contributed by atoms with E-state index in [9.17, 15) is 9.59 Å². The van der Waals surface area contributed by atoms with E-state index in [0.29, 0.717) is 10.6 Å². The van der Waals surface area contributed by atoms with E-state index < -0.39 is 17.9 Å². The Bertz CT molecular complexity index is 454. The maximum Gasteiger partial charge on any atom is 0.326 e. The van der Waals surface area contributed by atoms with Gasteiger partial charge >= 0.3 is 5.97 Å². The average molecular weight is 254 g/mol. The number of nitrogens with one attached hydrogen (secondary N) is 1. The van der Waals surface area contributed by atoms with E-state index in [4.69, 9.17) is 5.11 Å². The number of carboxylic acid groups (broad SMARTS) is 1. The van der Waals surface area contributed by atoms with Crippen molar-refractivity contribution < 1.29 is 14.7 Å². The van der Waals surface area contributed by atoms with Crippen molar-refractivity contribution in [2.45, 2.75) is 26.3 Å². The van der Waals surface area contributed by atoms with E-state index in [-0.39, 0.29) is 6.42 Å². The third-order valence-electron chi connectivity index (χ3n) is 2.12. The number of carbonyl (C=O) groups is 2. The van der Waals surface area contributed by atoms with Crippen LogP contribution in [-0.4, -0.2) is 28.0 Å². The molecule has 17 heavy (non-hydrogen) atoms. The molecule has 2 N–H and O–H groups in total. The maximum absolute atomic E-state index is 11.8. The molecule has 1 aromatic rings. The normalized spacial score (nSPS) is 11.9. The second kappa shape index (κ2) is 5.58. The minimum absolute atomic E-state index is 0.192. The zero-order chi connectivity index (χ0) is 13.0. The van der Waals surface area contributed by atoms with Gasteiger partial charge in [0.2, 0.25) is 0 Å². The molecule has 1 heterocycles. The van der Waals surface area contributed by atoms with Crippen LogP contribution in [0.25, 0.3) is 0 Å². The third kappa shape index (κ3) is 3.39. The molecule has 0 aromatic carbocycles. The van der Waals surface area contributed by atoms with Crippen molar-refractivity contribution in [3.63, 3.8) is 0 Å². The summed E-state index contributed by atoms with van der Waals surface area (Å²) < 4.78 is 0. The molecule has 1 atom stereocenters. The highest BCUT2D eigenvalue weighted by Crippen LogP contribution is 2.17. The molecular formula is C11H14N2O3S. The Morgan fingerprint density at radius 2 is 2.24 bits per heavy atom. The second-order valence-corrected chi connectivity index (χ2v) is 4.74. The van der Waals surface area contributed by atoms with Gasteiger partial charge in [-0.25, -0.2) is 9.78 Å². The van der Waals surface area contributed by atoms with Gasteiger partial charge in [0.25, 0.3) is 5.91 Å². The highest BCUT2D eigenvalue weighted by atomic mass is 32.1. The van der Waals surface area contributed by atoms with Crippen molar-refractivity contribution >= 4 is 23.2 Å². The minimum Gasteiger partial charge on any atom is -0.480 e. The maximum atomic E-state index is 11.8. The van der Waals surface area contributed by atoms with Gasteiger partial charge in [-0.15, -0.1) is 17.9 Å². The highest BCUT2D eigenvalue weighted by molar-refractivity contribution is 7.13. The van der Waals surface area contributed by atoms with E-state index >= 15 is 0 Å². The minimum atomic E-state index is -1.07. The van der Waals surface area contributed by atoms with Gasteiger partial charge in [-0.3, -0.25) is 4.79 Å². The standard InChI is InChI=1S/C11H14N2O3S/c1-4-5-8(11(15)16)13-10(14)9-6(2)12-7(3)17-9/h4,8H,1,5H2,2-3H3,(H,13,14)(H,15,16). The molecule has 6 heteroatoms. The summed E-state index contributed by atoms with van der Waals surface area (Å²) in [6.45, 7) is 6.98. The summed E-state index contributed by atoms with van der Waals surface area (Å²) in [5, 5.41) is 12.1. The number of amides is 1. The second-order valence-electron chi connectivity index (χ2n) is 3.54. The average Bonchev–Trinajstić information content (AvgIpc) is 2.57. The zero-order valence-corrected chi connectivity index (χ0v) is 10.5.